The molecule has 0 amide bonds. The Kier molecular flexibility index (Phi) is 7.40. The van der Waals surface area contributed by atoms with E-state index in [0.717, 1.165) is 6.08 Å². The van der Waals surface area contributed by atoms with E-state index in [1.165, 1.54) is 44.5 Å². The van der Waals surface area contributed by atoms with E-state index in [-0.39, 0.29) is 11.3 Å². The minimum absolute atomic E-state index is 0.134. The summed E-state index contributed by atoms with van der Waals surface area (Å²) in [6.07, 6.45) is 8.24. The Balaban J connectivity index is 0.000000370. The number of carbonyl (C=O) groups is 1. The molecular weight excluding hydrogens is 342 g/mol. The van der Waals surface area contributed by atoms with Crippen LogP contribution < -0.4 is 0 Å². The average molecular weight is 373 g/mol. The fourth-order valence-corrected chi connectivity index (χ4v) is 3.02. The predicted molar refractivity (Wildman–Crippen MR) is 96.7 cm³/mol. The van der Waals surface area contributed by atoms with Gasteiger partial charge in [0, 0.05) is 0 Å². The Morgan fingerprint density at radius 2 is 1.76 bits per heavy atom. The number of hydrogen-bond acceptors (Lipinski definition) is 5. The summed E-state index contributed by atoms with van der Waals surface area (Å²) in [5.74, 6) is -0.440. The molecule has 1 radical (unpaired) electrons. The molecule has 1 unspecified atom stereocenters. The summed E-state index contributed by atoms with van der Waals surface area (Å²) in [5, 5.41) is 0. The van der Waals surface area contributed by atoms with Gasteiger partial charge >= 0.3 is 16.1 Å². The van der Waals surface area contributed by atoms with Gasteiger partial charge in [-0.25, -0.2) is 0 Å². The van der Waals surface area contributed by atoms with E-state index in [1.54, 1.807) is 27.7 Å². The summed E-state index contributed by atoms with van der Waals surface area (Å²) in [6, 6.07) is 0. The van der Waals surface area contributed by atoms with Gasteiger partial charge in [-0.2, -0.15) is 8.42 Å². The molecule has 0 bridgehead atoms. The van der Waals surface area contributed by atoms with E-state index in [1.807, 2.05) is 0 Å². The van der Waals surface area contributed by atoms with Crippen molar-refractivity contribution in [1.29, 1.82) is 0 Å². The first-order valence-corrected chi connectivity index (χ1v) is 10.0. The number of carbonyl (C=O) groups excluding carboxylic acids is 1. The first-order valence-electron chi connectivity index (χ1n) is 8.61. The summed E-state index contributed by atoms with van der Waals surface area (Å²) >= 11 is 0. The van der Waals surface area contributed by atoms with Gasteiger partial charge in [0.2, 0.25) is 0 Å². The van der Waals surface area contributed by atoms with Crippen LogP contribution in [0.15, 0.2) is 23.1 Å². The summed E-state index contributed by atoms with van der Waals surface area (Å²) in [6.45, 7) is 9.54. The molecule has 0 aromatic heterocycles. The van der Waals surface area contributed by atoms with Crippen LogP contribution in [0.3, 0.4) is 0 Å². The molecule has 1 atom stereocenters. The second-order valence-corrected chi connectivity index (χ2v) is 9.26. The number of allylic oxidation sites excluding steroid dienone is 2. The zero-order valence-corrected chi connectivity index (χ0v) is 16.7. The Labute approximate surface area is 151 Å². The second-order valence-electron chi connectivity index (χ2n) is 7.88. The average Bonchev–Trinajstić information content (AvgIpc) is 2.46. The lowest BCUT2D eigenvalue weighted by Crippen LogP contribution is -2.35. The number of piperidine rings is 1. The lowest BCUT2D eigenvalue weighted by Gasteiger charge is -2.29. The van der Waals surface area contributed by atoms with Gasteiger partial charge in [-0.3, -0.25) is 4.79 Å². The maximum absolute atomic E-state index is 12.0. The van der Waals surface area contributed by atoms with E-state index in [0.29, 0.717) is 0 Å². The highest BCUT2D eigenvalue weighted by atomic mass is 32.2. The first kappa shape index (κ1) is 21.9. The number of nitrogens with zero attached hydrogens (tertiary/aromatic N) is 1. The summed E-state index contributed by atoms with van der Waals surface area (Å²) in [5.41, 5.74) is -1.54. The molecule has 2 rings (SSSR count). The van der Waals surface area contributed by atoms with Crippen molar-refractivity contribution in [1.82, 2.24) is 4.90 Å². The van der Waals surface area contributed by atoms with Crippen LogP contribution in [0.5, 0.6) is 0 Å². The molecule has 0 saturated carbocycles. The van der Waals surface area contributed by atoms with Gasteiger partial charge in [0.15, 0.2) is 0 Å². The summed E-state index contributed by atoms with van der Waals surface area (Å²) < 4.78 is 37.7. The van der Waals surface area contributed by atoms with Crippen LogP contribution >= 0.6 is 0 Å². The molecule has 1 fully saturated rings. The van der Waals surface area contributed by atoms with Crippen molar-refractivity contribution in [3.8, 4) is 0 Å². The molecule has 0 aromatic carbocycles. The largest absolute Gasteiger partial charge is 0.459 e. The van der Waals surface area contributed by atoms with Crippen LogP contribution in [-0.2, 0) is 24.2 Å². The smallest absolute Gasteiger partial charge is 0.323 e. The van der Waals surface area contributed by atoms with E-state index < -0.39 is 27.1 Å². The first-order chi connectivity index (χ1) is 11.3. The number of rotatable bonds is 2. The molecule has 143 valence electrons. The van der Waals surface area contributed by atoms with Gasteiger partial charge < -0.3 is 9.64 Å². The number of hydrogen-bond donors (Lipinski definition) is 0. The maximum Gasteiger partial charge on any atom is 0.323 e. The van der Waals surface area contributed by atoms with Gasteiger partial charge in [-0.05, 0) is 73.2 Å². The monoisotopic (exact) mass is 372 g/mol. The van der Waals surface area contributed by atoms with Crippen LogP contribution in [0.1, 0.15) is 53.4 Å². The van der Waals surface area contributed by atoms with E-state index in [9.17, 15) is 17.8 Å². The third-order valence-corrected chi connectivity index (χ3v) is 4.96. The molecule has 7 heteroatoms. The van der Waals surface area contributed by atoms with Gasteiger partial charge in [0.25, 0.3) is 0 Å². The normalized spacial score (nSPS) is 24.8. The molecule has 1 aliphatic heterocycles. The highest BCUT2D eigenvalue weighted by Crippen LogP contribution is 2.33. The number of likely N-dealkylation sites (tertiary alicyclic amines) is 1. The topological polar surface area (TPSA) is 83.6 Å². The van der Waals surface area contributed by atoms with Crippen molar-refractivity contribution in [3.05, 3.63) is 23.1 Å². The van der Waals surface area contributed by atoms with Crippen LogP contribution in [0.4, 0.5) is 0 Å². The third-order valence-electron chi connectivity index (χ3n) is 4.08. The molecule has 1 saturated heterocycles. The Morgan fingerprint density at radius 3 is 2.08 bits per heavy atom. The Hall–Kier alpha value is -1.18. The molecule has 1 heterocycles. The summed E-state index contributed by atoms with van der Waals surface area (Å²) in [7, 11) is -2.27. The molecule has 0 spiro atoms. The number of esters is 1. The third kappa shape index (κ3) is 7.71. The zero-order chi connectivity index (χ0) is 19.3. The molecule has 0 N–H and O–H groups in total. The van der Waals surface area contributed by atoms with Crippen LogP contribution in [-0.4, -0.2) is 45.0 Å². The minimum Gasteiger partial charge on any atom is -0.459 e. The van der Waals surface area contributed by atoms with Crippen molar-refractivity contribution in [2.24, 2.45) is 5.41 Å². The van der Waals surface area contributed by atoms with Crippen LogP contribution in [0.2, 0.25) is 0 Å². The fraction of sp³-hybridized carbons (Fsp3) is 0.722. The van der Waals surface area contributed by atoms with Gasteiger partial charge in [0.1, 0.15) is 5.60 Å². The predicted octanol–water partition coefficient (Wildman–Crippen LogP) is 3.04. The van der Waals surface area contributed by atoms with Gasteiger partial charge in [-0.15, -0.1) is 0 Å². The lowest BCUT2D eigenvalue weighted by atomic mass is 9.83. The van der Waals surface area contributed by atoms with Crippen molar-refractivity contribution in [2.75, 3.05) is 20.1 Å². The standard InChI is InChI=1S/C12H17O5S.C6H13N/c1-11(2,3)17-10(13)12(4)7-5-9(6-8-12)18(14,15)16;1-7-5-3-2-4-6-7/h5-7H,8H2,1-4H3;2-6H2,1H3. The molecular formula is C18H30NO5S. The van der Waals surface area contributed by atoms with E-state index in [2.05, 4.69) is 11.9 Å². The minimum atomic E-state index is -4.46. The molecule has 1 aliphatic carbocycles. The molecule has 2 aliphatic rings. The van der Waals surface area contributed by atoms with Crippen molar-refractivity contribution in [2.45, 2.75) is 59.0 Å². The van der Waals surface area contributed by atoms with Gasteiger partial charge in [-0.1, -0.05) is 23.1 Å². The van der Waals surface area contributed by atoms with Crippen molar-refractivity contribution >= 4 is 16.1 Å². The van der Waals surface area contributed by atoms with Crippen molar-refractivity contribution in [3.63, 3.8) is 0 Å². The van der Waals surface area contributed by atoms with Gasteiger partial charge in [0.05, 0.1) is 10.3 Å². The van der Waals surface area contributed by atoms with Crippen LogP contribution in [0.25, 0.3) is 0 Å². The maximum atomic E-state index is 12.0. The molecule has 6 nitrogen and oxygen atoms in total. The second kappa shape index (κ2) is 8.47. The zero-order valence-electron chi connectivity index (χ0n) is 15.9. The van der Waals surface area contributed by atoms with E-state index in [4.69, 9.17) is 4.74 Å². The summed E-state index contributed by atoms with van der Waals surface area (Å²) in [4.78, 5) is 14.1. The highest BCUT2D eigenvalue weighted by Gasteiger charge is 2.36. The van der Waals surface area contributed by atoms with E-state index >= 15 is 0 Å². The molecule has 0 aromatic rings. The Bertz CT molecular complexity index is 624. The Morgan fingerprint density at radius 1 is 1.20 bits per heavy atom. The highest BCUT2D eigenvalue weighted by molar-refractivity contribution is 7.89. The van der Waals surface area contributed by atoms with Crippen LogP contribution in [0, 0.1) is 5.41 Å². The fourth-order valence-electron chi connectivity index (χ4n) is 2.50. The lowest BCUT2D eigenvalue weighted by molar-refractivity contribution is -0.163. The quantitative estimate of drug-likeness (QED) is 0.696. The van der Waals surface area contributed by atoms with Crippen molar-refractivity contribution < 1.29 is 22.5 Å². The SMILES string of the molecule is CC(C)(C)OC(=O)C1(C)C=CC(S([O])(=O)=O)=CC1.CN1CCCCC1. The molecule has 25 heavy (non-hydrogen) atoms. The number of ether oxygens (including phenoxy) is 1.